The van der Waals surface area contributed by atoms with Gasteiger partial charge in [-0.3, -0.25) is 0 Å². The van der Waals surface area contributed by atoms with Gasteiger partial charge in [-0.2, -0.15) is 0 Å². The minimum absolute atomic E-state index is 0.429. The van der Waals surface area contributed by atoms with Crippen LogP contribution in [0.4, 0.5) is 5.69 Å². The van der Waals surface area contributed by atoms with E-state index in [0.29, 0.717) is 17.2 Å². The van der Waals surface area contributed by atoms with Gasteiger partial charge in [-0.1, -0.05) is 22.3 Å². The number of allylic oxidation sites excluding steroid dienone is 3. The molecule has 1 N–H and O–H groups in total. The summed E-state index contributed by atoms with van der Waals surface area (Å²) < 4.78 is 0. The second-order valence-electron chi connectivity index (χ2n) is 23.6. The highest BCUT2D eigenvalue weighted by Crippen LogP contribution is 2.93. The van der Waals surface area contributed by atoms with E-state index in [2.05, 4.69) is 46.2 Å². The van der Waals surface area contributed by atoms with E-state index in [4.69, 9.17) is 0 Å². The average Bonchev–Trinajstić information content (AvgIpc) is 3.96. The fourth-order valence-corrected chi connectivity index (χ4v) is 25.7. The molecule has 256 valence electrons. The Kier molecular flexibility index (Phi) is 3.61. The quantitative estimate of drug-likeness (QED) is 0.306. The molecule has 1 spiro atoms. The molecule has 1 aromatic rings. The normalized spacial score (nSPS) is 71.5. The molecule has 28 unspecified atom stereocenters. The van der Waals surface area contributed by atoms with Crippen LogP contribution in [0.15, 0.2) is 46.6 Å². The lowest BCUT2D eigenvalue weighted by molar-refractivity contribution is -0.147. The number of phenols is 1. The van der Waals surface area contributed by atoms with Crippen molar-refractivity contribution in [2.24, 2.45) is 159 Å². The van der Waals surface area contributed by atoms with E-state index in [1.807, 2.05) is 12.1 Å². The Morgan fingerprint density at radius 2 is 1.18 bits per heavy atom. The minimum Gasteiger partial charge on any atom is -0.508 e. The van der Waals surface area contributed by atoms with Crippen LogP contribution >= 0.6 is 0 Å². The van der Waals surface area contributed by atoms with Crippen molar-refractivity contribution >= 4 is 5.69 Å². The SMILES string of the molecule is CC1N(c2ccc(O)cc2)CC2C3=C4C5C6=C(C3)CC3CC7CC8CC9CC%10CC%11CC21C1C4C2C5C4C(C63)C7C3C8C9C5C%10C(C2C5C34)C%111. The molecule has 2 heteroatoms. The van der Waals surface area contributed by atoms with Gasteiger partial charge in [0.25, 0.3) is 0 Å². The number of hydrogen-bond donors (Lipinski definition) is 1. The van der Waals surface area contributed by atoms with Gasteiger partial charge in [-0.15, -0.1) is 0 Å². The minimum atomic E-state index is 0.429. The summed E-state index contributed by atoms with van der Waals surface area (Å²) in [5.41, 5.74) is 10.5. The summed E-state index contributed by atoms with van der Waals surface area (Å²) in [6, 6.07) is 9.16. The number of benzene rings is 1. The number of rotatable bonds is 1. The predicted octanol–water partition coefficient (Wildman–Crippen LogP) is 8.54. The maximum Gasteiger partial charge on any atom is 0.115 e. The lowest BCUT2D eigenvalue weighted by atomic mass is 9.42. The van der Waals surface area contributed by atoms with Crippen LogP contribution in [0.25, 0.3) is 0 Å². The third-order valence-corrected chi connectivity index (χ3v) is 24.5. The van der Waals surface area contributed by atoms with Gasteiger partial charge in [0.2, 0.25) is 0 Å². The molecule has 18 rings (SSSR count). The van der Waals surface area contributed by atoms with Crippen molar-refractivity contribution in [1.29, 1.82) is 0 Å². The third kappa shape index (κ3) is 2.05. The molecule has 0 bridgehead atoms. The van der Waals surface area contributed by atoms with Gasteiger partial charge < -0.3 is 10.0 Å². The van der Waals surface area contributed by atoms with Gasteiger partial charge in [0.1, 0.15) is 5.75 Å². The van der Waals surface area contributed by atoms with Crippen LogP contribution < -0.4 is 4.90 Å². The van der Waals surface area contributed by atoms with Crippen molar-refractivity contribution in [2.75, 3.05) is 11.4 Å². The third-order valence-electron chi connectivity index (χ3n) is 24.5. The largest absolute Gasteiger partial charge is 0.508 e. The molecule has 1 aromatic carbocycles. The summed E-state index contributed by atoms with van der Waals surface area (Å²) in [6.45, 7) is 4.02. The first kappa shape index (κ1) is 25.3. The molecule has 1 heterocycles. The van der Waals surface area contributed by atoms with Crippen LogP contribution in [-0.2, 0) is 0 Å². The molecule has 1 saturated heterocycles. The molecule has 50 heavy (non-hydrogen) atoms. The summed E-state index contributed by atoms with van der Waals surface area (Å²) in [6.07, 6.45) is 12.9. The Morgan fingerprint density at radius 1 is 0.600 bits per heavy atom. The summed E-state index contributed by atoms with van der Waals surface area (Å²) >= 11 is 0. The van der Waals surface area contributed by atoms with Crippen LogP contribution in [0, 0.1) is 159 Å². The second kappa shape index (κ2) is 7.12. The van der Waals surface area contributed by atoms with E-state index in [-0.39, 0.29) is 0 Å². The lowest BCUT2D eigenvalue weighted by Gasteiger charge is -2.62. The first-order chi connectivity index (χ1) is 24.6. The van der Waals surface area contributed by atoms with E-state index in [1.165, 1.54) is 60.6 Å². The number of aromatic hydroxyl groups is 1. The van der Waals surface area contributed by atoms with E-state index < -0.39 is 0 Å². The zero-order chi connectivity index (χ0) is 31.3. The van der Waals surface area contributed by atoms with Gasteiger partial charge in [-0.05, 0) is 225 Å². The predicted molar refractivity (Wildman–Crippen MR) is 189 cm³/mol. The van der Waals surface area contributed by atoms with Gasteiger partial charge >= 0.3 is 0 Å². The average molecular weight is 660 g/mol. The van der Waals surface area contributed by atoms with Gasteiger partial charge in [0, 0.05) is 35.5 Å². The fraction of sp³-hybridized carbons (Fsp3) is 0.792. The van der Waals surface area contributed by atoms with Gasteiger partial charge in [-0.25, -0.2) is 0 Å². The van der Waals surface area contributed by atoms with E-state index in [9.17, 15) is 5.11 Å². The van der Waals surface area contributed by atoms with Crippen LogP contribution in [0.1, 0.15) is 58.3 Å². The lowest BCUT2D eigenvalue weighted by Crippen LogP contribution is -2.60. The van der Waals surface area contributed by atoms with Gasteiger partial charge in [0.05, 0.1) is 0 Å². The molecule has 13 saturated carbocycles. The Morgan fingerprint density at radius 3 is 1.94 bits per heavy atom. The van der Waals surface area contributed by atoms with E-state index in [1.54, 1.807) is 38.5 Å². The van der Waals surface area contributed by atoms with Crippen molar-refractivity contribution in [3.63, 3.8) is 0 Å². The summed E-state index contributed by atoms with van der Waals surface area (Å²) in [4.78, 5) is 2.93. The zero-order valence-electron chi connectivity index (χ0n) is 29.7. The highest BCUT2D eigenvalue weighted by molar-refractivity contribution is 5.59. The summed E-state index contributed by atoms with van der Waals surface area (Å²) in [7, 11) is 0. The van der Waals surface area contributed by atoms with E-state index >= 15 is 0 Å². The monoisotopic (exact) mass is 659 g/mol. The van der Waals surface area contributed by atoms with E-state index in [0.717, 1.165) is 118 Å². The summed E-state index contributed by atoms with van der Waals surface area (Å²) in [5, 5.41) is 10.3. The molecule has 0 aromatic heterocycles. The Bertz CT molecular complexity index is 2010. The number of anilines is 1. The smallest absolute Gasteiger partial charge is 0.115 e. The number of nitrogens with zero attached hydrogens (tertiary/aromatic N) is 1. The standard InChI is InChI=1S/C48H53NO/c1-15-48-13-22-11-20-9-17-6-16-7-19-8-18-10-21-12-25(26(48)14-49(15)23-2-4-24(50)5-3-23)34-39-30(21)29(18)36-31(19)35-27(16)28(17)37-32(20)38-33(22)47(48)46(34)45-43(38)41(37)40(35)42(36)44(39)45/h2-5,15-20,22,26-29,31-33,35-47,50H,6-14H2,1H3. The fourth-order valence-electron chi connectivity index (χ4n) is 25.7. The number of fused-ring (bicyclic) bond motifs is 1. The molecule has 16 aliphatic carbocycles. The van der Waals surface area contributed by atoms with Crippen LogP contribution in [0.5, 0.6) is 5.75 Å². The molecule has 0 amide bonds. The zero-order valence-corrected chi connectivity index (χ0v) is 29.7. The molecule has 17 aliphatic rings. The van der Waals surface area contributed by atoms with Crippen LogP contribution in [0.2, 0.25) is 0 Å². The van der Waals surface area contributed by atoms with Crippen molar-refractivity contribution in [2.45, 2.75) is 64.3 Å². The molecule has 0 radical (unpaired) electrons. The number of phenolic OH excluding ortho intramolecular Hbond substituents is 1. The molecular weight excluding hydrogens is 607 g/mol. The maximum atomic E-state index is 10.3. The maximum absolute atomic E-state index is 10.3. The number of hydrogen-bond acceptors (Lipinski definition) is 2. The Hall–Kier alpha value is -1.70. The molecule has 28 atom stereocenters. The molecule has 1 aliphatic heterocycles. The first-order valence-corrected chi connectivity index (χ1v) is 22.6. The van der Waals surface area contributed by atoms with Gasteiger partial charge in [0.15, 0.2) is 0 Å². The van der Waals surface area contributed by atoms with Crippen molar-refractivity contribution in [3.05, 3.63) is 46.6 Å². The molecular formula is C48H53NO. The highest BCUT2D eigenvalue weighted by Gasteiger charge is 2.88. The molecule has 2 nitrogen and oxygen atoms in total. The van der Waals surface area contributed by atoms with Crippen molar-refractivity contribution in [1.82, 2.24) is 0 Å². The van der Waals surface area contributed by atoms with Crippen molar-refractivity contribution in [3.8, 4) is 5.75 Å². The first-order valence-electron chi connectivity index (χ1n) is 22.6. The second-order valence-corrected chi connectivity index (χ2v) is 23.6. The Labute approximate surface area is 297 Å². The summed E-state index contributed by atoms with van der Waals surface area (Å²) in [5.74, 6) is 28.9. The topological polar surface area (TPSA) is 23.5 Å². The van der Waals surface area contributed by atoms with Crippen molar-refractivity contribution < 1.29 is 5.11 Å². The van der Waals surface area contributed by atoms with Crippen LogP contribution in [-0.4, -0.2) is 17.7 Å². The molecule has 14 fully saturated rings. The highest BCUT2D eigenvalue weighted by atomic mass is 16.3. The van der Waals surface area contributed by atoms with Crippen LogP contribution in [0.3, 0.4) is 0 Å². The Balaban J connectivity index is 0.960.